The van der Waals surface area contributed by atoms with Crippen LogP contribution in [-0.4, -0.2) is 41.6 Å². The van der Waals surface area contributed by atoms with Gasteiger partial charge in [0.1, 0.15) is 17.1 Å². The minimum atomic E-state index is -4.60. The zero-order valence-corrected chi connectivity index (χ0v) is 15.1. The monoisotopic (exact) mass is 393 g/mol. The van der Waals surface area contributed by atoms with Gasteiger partial charge in [-0.25, -0.2) is 4.98 Å². The van der Waals surface area contributed by atoms with Gasteiger partial charge in [-0.15, -0.1) is 10.2 Å². The van der Waals surface area contributed by atoms with Crippen molar-refractivity contribution in [2.24, 2.45) is 7.05 Å². The van der Waals surface area contributed by atoms with Gasteiger partial charge in [-0.3, -0.25) is 0 Å². The van der Waals surface area contributed by atoms with Gasteiger partial charge in [-0.05, 0) is 31.9 Å². The van der Waals surface area contributed by atoms with Crippen molar-refractivity contribution in [3.63, 3.8) is 0 Å². The molecule has 0 saturated heterocycles. The van der Waals surface area contributed by atoms with Crippen molar-refractivity contribution < 1.29 is 23.4 Å². The molecule has 148 valence electrons. The maximum absolute atomic E-state index is 12.8. The van der Waals surface area contributed by atoms with Crippen molar-refractivity contribution >= 4 is 16.7 Å². The predicted octanol–water partition coefficient (Wildman–Crippen LogP) is 3.08. The highest BCUT2D eigenvalue weighted by Gasteiger charge is 2.39. The quantitative estimate of drug-likeness (QED) is 0.633. The number of aromatic nitrogens is 4. The molecule has 4 rings (SSSR count). The number of nitrogens with one attached hydrogen (secondary N) is 1. The molecule has 10 heteroatoms. The third-order valence-electron chi connectivity index (χ3n) is 4.93. The summed E-state index contributed by atoms with van der Waals surface area (Å²) in [6, 6.07) is 2.41. The van der Waals surface area contributed by atoms with Crippen LogP contribution in [0.3, 0.4) is 0 Å². The highest BCUT2D eigenvalue weighted by molar-refractivity contribution is 5.98. The highest BCUT2D eigenvalue weighted by Crippen LogP contribution is 2.39. The Hall–Kier alpha value is -2.88. The van der Waals surface area contributed by atoms with Crippen LogP contribution in [0.2, 0.25) is 0 Å². The average molecular weight is 393 g/mol. The van der Waals surface area contributed by atoms with Crippen LogP contribution >= 0.6 is 0 Å². The molecule has 0 spiro atoms. The van der Waals surface area contributed by atoms with Crippen molar-refractivity contribution in [1.82, 2.24) is 19.7 Å². The van der Waals surface area contributed by atoms with E-state index in [9.17, 15) is 23.4 Å². The molecule has 0 atom stereocenters. The molecule has 7 nitrogen and oxygen atoms in total. The molecule has 0 bridgehead atoms. The van der Waals surface area contributed by atoms with Gasteiger partial charge in [-0.2, -0.15) is 13.2 Å². The molecule has 0 radical (unpaired) electrons. The SMILES string of the molecule is Cn1ccc2c(-c3ncc(C(F)(F)F)cc3O)nnc(NC3CC(C)(O)C3)c21. The first-order chi connectivity index (χ1) is 13.0. The van der Waals surface area contributed by atoms with Crippen LogP contribution in [-0.2, 0) is 13.2 Å². The number of pyridine rings is 1. The van der Waals surface area contributed by atoms with Gasteiger partial charge in [-0.1, -0.05) is 0 Å². The first kappa shape index (κ1) is 18.5. The molecule has 1 aliphatic carbocycles. The largest absolute Gasteiger partial charge is 0.506 e. The van der Waals surface area contributed by atoms with E-state index in [1.54, 1.807) is 30.8 Å². The van der Waals surface area contributed by atoms with Crippen molar-refractivity contribution in [2.75, 3.05) is 5.32 Å². The number of aromatic hydroxyl groups is 1. The Morgan fingerprint density at radius 1 is 1.25 bits per heavy atom. The minimum absolute atomic E-state index is 0.0471. The summed E-state index contributed by atoms with van der Waals surface area (Å²) in [4.78, 5) is 3.78. The fourth-order valence-corrected chi connectivity index (χ4v) is 3.58. The number of aliphatic hydroxyl groups is 1. The lowest BCUT2D eigenvalue weighted by atomic mass is 9.77. The molecule has 1 fully saturated rings. The number of alkyl halides is 3. The summed E-state index contributed by atoms with van der Waals surface area (Å²) >= 11 is 0. The molecule has 1 aliphatic rings. The Bertz CT molecular complexity index is 1050. The topological polar surface area (TPSA) is 96.1 Å². The van der Waals surface area contributed by atoms with Crippen molar-refractivity contribution in [2.45, 2.75) is 37.6 Å². The second-order valence-electron chi connectivity index (χ2n) is 7.42. The van der Waals surface area contributed by atoms with Crippen LogP contribution in [0.25, 0.3) is 22.3 Å². The van der Waals surface area contributed by atoms with Crippen LogP contribution in [0.15, 0.2) is 24.5 Å². The molecule has 0 aliphatic heterocycles. The molecule has 3 heterocycles. The zero-order chi connectivity index (χ0) is 20.3. The second kappa shape index (κ2) is 6.06. The van der Waals surface area contributed by atoms with E-state index in [1.165, 1.54) is 0 Å². The van der Waals surface area contributed by atoms with Crippen molar-refractivity contribution in [1.29, 1.82) is 0 Å². The molecule has 3 aromatic rings. The summed E-state index contributed by atoms with van der Waals surface area (Å²) in [6.07, 6.45) is -1.03. The average Bonchev–Trinajstić information content (AvgIpc) is 2.95. The summed E-state index contributed by atoms with van der Waals surface area (Å²) in [6.45, 7) is 1.76. The van der Waals surface area contributed by atoms with Crippen LogP contribution in [0.1, 0.15) is 25.3 Å². The minimum Gasteiger partial charge on any atom is -0.506 e. The summed E-state index contributed by atoms with van der Waals surface area (Å²) in [5.74, 6) is -0.122. The Labute approximate surface area is 157 Å². The fourth-order valence-electron chi connectivity index (χ4n) is 3.58. The second-order valence-corrected chi connectivity index (χ2v) is 7.42. The Balaban J connectivity index is 1.75. The maximum Gasteiger partial charge on any atom is 0.418 e. The van der Waals surface area contributed by atoms with Gasteiger partial charge in [0.05, 0.1) is 16.7 Å². The van der Waals surface area contributed by atoms with Gasteiger partial charge >= 0.3 is 6.18 Å². The first-order valence-electron chi connectivity index (χ1n) is 8.62. The molecule has 0 amide bonds. The highest BCUT2D eigenvalue weighted by atomic mass is 19.4. The van der Waals surface area contributed by atoms with Gasteiger partial charge in [0, 0.05) is 30.9 Å². The number of aryl methyl sites for hydroxylation is 1. The Morgan fingerprint density at radius 3 is 2.57 bits per heavy atom. The molecule has 0 aromatic carbocycles. The van der Waals surface area contributed by atoms with E-state index in [-0.39, 0.29) is 17.4 Å². The number of rotatable bonds is 3. The van der Waals surface area contributed by atoms with E-state index < -0.39 is 23.1 Å². The Kier molecular flexibility index (Phi) is 4.00. The number of hydrogen-bond acceptors (Lipinski definition) is 6. The number of fused-ring (bicyclic) bond motifs is 1. The number of nitrogens with zero attached hydrogens (tertiary/aromatic N) is 4. The van der Waals surface area contributed by atoms with Crippen molar-refractivity contribution in [3.05, 3.63) is 30.1 Å². The van der Waals surface area contributed by atoms with Gasteiger partial charge in [0.2, 0.25) is 0 Å². The molecular formula is C18H18F3N5O2. The van der Waals surface area contributed by atoms with E-state index in [4.69, 9.17) is 0 Å². The van der Waals surface area contributed by atoms with Gasteiger partial charge in [0.25, 0.3) is 0 Å². The van der Waals surface area contributed by atoms with E-state index in [0.29, 0.717) is 41.8 Å². The lowest BCUT2D eigenvalue weighted by molar-refractivity contribution is -0.137. The molecule has 28 heavy (non-hydrogen) atoms. The lowest BCUT2D eigenvalue weighted by Crippen LogP contribution is -2.48. The van der Waals surface area contributed by atoms with Gasteiger partial charge in [0.15, 0.2) is 5.82 Å². The maximum atomic E-state index is 12.8. The molecular weight excluding hydrogens is 375 g/mol. The van der Waals surface area contributed by atoms with Crippen LogP contribution in [0.4, 0.5) is 19.0 Å². The number of halogens is 3. The number of hydrogen-bond donors (Lipinski definition) is 3. The zero-order valence-electron chi connectivity index (χ0n) is 15.1. The van der Waals surface area contributed by atoms with Gasteiger partial charge < -0.3 is 20.1 Å². The summed E-state index contributed by atoms with van der Waals surface area (Å²) in [5.41, 5.74) is -0.948. The van der Waals surface area contributed by atoms with Crippen LogP contribution < -0.4 is 5.32 Å². The van der Waals surface area contributed by atoms with Crippen LogP contribution in [0, 0.1) is 0 Å². The number of anilines is 1. The van der Waals surface area contributed by atoms with Crippen LogP contribution in [0.5, 0.6) is 5.75 Å². The first-order valence-corrected chi connectivity index (χ1v) is 8.62. The van der Waals surface area contributed by atoms with Crippen molar-refractivity contribution in [3.8, 4) is 17.1 Å². The molecule has 3 aromatic heterocycles. The van der Waals surface area contributed by atoms with E-state index >= 15 is 0 Å². The standard InChI is InChI=1S/C18H18F3N5O2/c1-17(28)6-10(7-17)23-16-15-11(3-4-26(15)2)13(24-25-16)14-12(27)5-9(8-22-14)18(19,20)21/h3-5,8,10,27-28H,6-7H2,1-2H3,(H,23,25). The molecule has 3 N–H and O–H groups in total. The Morgan fingerprint density at radius 2 is 1.96 bits per heavy atom. The predicted molar refractivity (Wildman–Crippen MR) is 95.7 cm³/mol. The summed E-state index contributed by atoms with van der Waals surface area (Å²) in [7, 11) is 1.80. The van der Waals surface area contributed by atoms with E-state index in [1.807, 2.05) is 0 Å². The lowest BCUT2D eigenvalue weighted by Gasteiger charge is -2.41. The fraction of sp³-hybridized carbons (Fsp3) is 0.389. The normalized spacial score (nSPS) is 22.3. The summed E-state index contributed by atoms with van der Waals surface area (Å²) in [5, 5.41) is 32.1. The third kappa shape index (κ3) is 3.13. The third-order valence-corrected chi connectivity index (χ3v) is 4.93. The van der Waals surface area contributed by atoms with E-state index in [2.05, 4.69) is 20.5 Å². The molecule has 0 unspecified atom stereocenters. The molecule has 1 saturated carbocycles. The smallest absolute Gasteiger partial charge is 0.418 e. The summed E-state index contributed by atoms with van der Waals surface area (Å²) < 4.78 is 40.3. The van der Waals surface area contributed by atoms with E-state index in [0.717, 1.165) is 0 Å².